The van der Waals surface area contributed by atoms with Gasteiger partial charge in [-0.05, 0) is 18.1 Å². The summed E-state index contributed by atoms with van der Waals surface area (Å²) >= 11 is 0. The maximum atomic E-state index is 13.9. The summed E-state index contributed by atoms with van der Waals surface area (Å²) in [6.07, 6.45) is -0.981. The third kappa shape index (κ3) is 4.06. The lowest BCUT2D eigenvalue weighted by Gasteiger charge is -2.31. The molecule has 3 aromatic carbocycles. The van der Waals surface area contributed by atoms with Gasteiger partial charge in [0.2, 0.25) is 11.7 Å². The number of nitrogens with one attached hydrogen (secondary N) is 1. The molecule has 0 aliphatic rings. The lowest BCUT2D eigenvalue weighted by atomic mass is 9.76. The quantitative estimate of drug-likeness (QED) is 0.338. The number of halogens is 5. The van der Waals surface area contributed by atoms with E-state index in [1.54, 1.807) is 0 Å². The topological polar surface area (TPSA) is 29.1 Å². The number of carbonyl (C=O) groups excluding carboxylic acids is 1. The van der Waals surface area contributed by atoms with Gasteiger partial charge in [0.15, 0.2) is 23.3 Å². The van der Waals surface area contributed by atoms with Crippen LogP contribution in [0.2, 0.25) is 0 Å². The second-order valence-electron chi connectivity index (χ2n) is 7.07. The summed E-state index contributed by atoms with van der Waals surface area (Å²) in [7, 11) is 0. The molecular weight excluding hydrogens is 401 g/mol. The van der Waals surface area contributed by atoms with Crippen LogP contribution in [0.25, 0.3) is 0 Å². The molecule has 3 aromatic rings. The molecule has 0 aliphatic heterocycles. The van der Waals surface area contributed by atoms with E-state index in [0.717, 1.165) is 11.1 Å². The fourth-order valence-electron chi connectivity index (χ4n) is 3.29. The van der Waals surface area contributed by atoms with Crippen molar-refractivity contribution in [2.45, 2.75) is 18.8 Å². The molecule has 0 bridgehead atoms. The Morgan fingerprint density at radius 3 is 1.57 bits per heavy atom. The molecule has 0 heterocycles. The summed E-state index contributed by atoms with van der Waals surface area (Å²) in [4.78, 5) is 12.4. The molecule has 3 rings (SSSR count). The zero-order valence-corrected chi connectivity index (χ0v) is 16.0. The minimum absolute atomic E-state index is 0.0509. The Morgan fingerprint density at radius 1 is 0.733 bits per heavy atom. The number of hydrogen-bond donors (Lipinski definition) is 1. The van der Waals surface area contributed by atoms with Gasteiger partial charge in [-0.15, -0.1) is 0 Å². The van der Waals surface area contributed by atoms with Gasteiger partial charge < -0.3 is 5.32 Å². The van der Waals surface area contributed by atoms with E-state index in [4.69, 9.17) is 0 Å². The first-order chi connectivity index (χ1) is 14.3. The van der Waals surface area contributed by atoms with Crippen LogP contribution in [0.3, 0.4) is 0 Å². The summed E-state index contributed by atoms with van der Waals surface area (Å²) in [5.74, 6) is -11.3. The molecule has 7 heteroatoms. The molecule has 156 valence electrons. The molecule has 0 atom stereocenters. The monoisotopic (exact) mass is 419 g/mol. The van der Waals surface area contributed by atoms with Crippen molar-refractivity contribution in [1.82, 2.24) is 5.32 Å². The Balaban J connectivity index is 1.85. The van der Waals surface area contributed by atoms with Gasteiger partial charge in [0.1, 0.15) is 0 Å². The second kappa shape index (κ2) is 8.65. The molecular formula is C23H18F5NO. The third-order valence-corrected chi connectivity index (χ3v) is 5.10. The van der Waals surface area contributed by atoms with Gasteiger partial charge in [0, 0.05) is 17.5 Å². The fraction of sp³-hybridized carbons (Fsp3) is 0.174. The van der Waals surface area contributed by atoms with Crippen LogP contribution in [0.1, 0.15) is 23.6 Å². The normalized spacial score (nSPS) is 11.4. The summed E-state index contributed by atoms with van der Waals surface area (Å²) in [5.41, 5.74) is -0.0836. The van der Waals surface area contributed by atoms with Crippen LogP contribution in [0.5, 0.6) is 0 Å². The van der Waals surface area contributed by atoms with Crippen molar-refractivity contribution in [3.8, 4) is 0 Å². The molecule has 0 aromatic heterocycles. The van der Waals surface area contributed by atoms with Crippen LogP contribution in [0.4, 0.5) is 22.0 Å². The number of carbonyl (C=O) groups is 1. The smallest absolute Gasteiger partial charge is 0.224 e. The molecule has 0 saturated carbocycles. The molecule has 0 radical (unpaired) electrons. The van der Waals surface area contributed by atoms with Crippen LogP contribution in [0.15, 0.2) is 60.7 Å². The maximum absolute atomic E-state index is 13.9. The Labute approximate surface area is 170 Å². The molecule has 0 spiro atoms. The van der Waals surface area contributed by atoms with E-state index in [0.29, 0.717) is 0 Å². The van der Waals surface area contributed by atoms with Crippen LogP contribution in [-0.4, -0.2) is 12.5 Å². The van der Waals surface area contributed by atoms with Crippen LogP contribution in [-0.2, 0) is 16.6 Å². The summed E-state index contributed by atoms with van der Waals surface area (Å²) < 4.78 is 67.7. The van der Waals surface area contributed by atoms with E-state index in [2.05, 4.69) is 5.32 Å². The van der Waals surface area contributed by atoms with Crippen molar-refractivity contribution < 1.29 is 26.7 Å². The molecule has 0 aliphatic carbocycles. The first kappa shape index (κ1) is 21.5. The minimum atomic E-state index is -2.25. The van der Waals surface area contributed by atoms with Crippen molar-refractivity contribution in [1.29, 1.82) is 0 Å². The predicted molar refractivity (Wildman–Crippen MR) is 102 cm³/mol. The summed E-state index contributed by atoms with van der Waals surface area (Å²) in [6.45, 7) is 1.94. The summed E-state index contributed by atoms with van der Waals surface area (Å²) in [6, 6.07) is 18.6. The zero-order chi connectivity index (χ0) is 21.9. The van der Waals surface area contributed by atoms with E-state index in [-0.39, 0.29) is 6.54 Å². The fourth-order valence-corrected chi connectivity index (χ4v) is 3.29. The predicted octanol–water partition coefficient (Wildman–Crippen LogP) is 5.05. The van der Waals surface area contributed by atoms with Crippen molar-refractivity contribution in [3.63, 3.8) is 0 Å². The molecule has 0 fully saturated rings. The van der Waals surface area contributed by atoms with Crippen LogP contribution >= 0.6 is 0 Å². The SMILES string of the molecule is CC(CNC(=O)Cc1c(F)c(F)c(F)c(F)c1F)(c1ccccc1)c1ccccc1. The highest BCUT2D eigenvalue weighted by Gasteiger charge is 2.31. The van der Waals surface area contributed by atoms with Gasteiger partial charge in [-0.25, -0.2) is 22.0 Å². The molecule has 0 saturated heterocycles. The van der Waals surface area contributed by atoms with Crippen LogP contribution < -0.4 is 5.32 Å². The van der Waals surface area contributed by atoms with E-state index in [9.17, 15) is 26.7 Å². The van der Waals surface area contributed by atoms with E-state index in [1.165, 1.54) is 0 Å². The standard InChI is InChI=1S/C23H18F5NO/c1-23(14-8-4-2-5-9-14,15-10-6-3-7-11-15)13-29-17(30)12-16-18(24)20(26)22(28)21(27)19(16)25/h2-11H,12-13H2,1H3,(H,29,30). The highest BCUT2D eigenvalue weighted by atomic mass is 19.2. The van der Waals surface area contributed by atoms with E-state index < -0.39 is 52.4 Å². The third-order valence-electron chi connectivity index (χ3n) is 5.10. The maximum Gasteiger partial charge on any atom is 0.224 e. The molecule has 0 unspecified atom stereocenters. The molecule has 1 amide bonds. The second-order valence-corrected chi connectivity index (χ2v) is 7.07. The Bertz CT molecular complexity index is 986. The Kier molecular flexibility index (Phi) is 6.20. The number of benzene rings is 3. The molecule has 1 N–H and O–H groups in total. The molecule has 30 heavy (non-hydrogen) atoms. The first-order valence-corrected chi connectivity index (χ1v) is 9.13. The molecule has 2 nitrogen and oxygen atoms in total. The average molecular weight is 419 g/mol. The van der Waals surface area contributed by atoms with Gasteiger partial charge in [-0.2, -0.15) is 0 Å². The highest BCUT2D eigenvalue weighted by molar-refractivity contribution is 5.79. The largest absolute Gasteiger partial charge is 0.355 e. The highest BCUT2D eigenvalue weighted by Crippen LogP contribution is 2.31. The van der Waals surface area contributed by atoms with E-state index in [1.807, 2.05) is 67.6 Å². The average Bonchev–Trinajstić information content (AvgIpc) is 2.79. The Hall–Kier alpha value is -3.22. The minimum Gasteiger partial charge on any atom is -0.355 e. The van der Waals surface area contributed by atoms with Crippen LogP contribution in [0, 0.1) is 29.1 Å². The van der Waals surface area contributed by atoms with Gasteiger partial charge in [-0.3, -0.25) is 4.79 Å². The van der Waals surface area contributed by atoms with Gasteiger partial charge in [0.25, 0.3) is 0 Å². The van der Waals surface area contributed by atoms with Crippen molar-refractivity contribution >= 4 is 5.91 Å². The van der Waals surface area contributed by atoms with Crippen molar-refractivity contribution in [2.24, 2.45) is 0 Å². The van der Waals surface area contributed by atoms with Crippen molar-refractivity contribution in [2.75, 3.05) is 6.54 Å². The lowest BCUT2D eigenvalue weighted by Crippen LogP contribution is -2.40. The van der Waals surface area contributed by atoms with Crippen molar-refractivity contribution in [3.05, 3.63) is 106 Å². The number of rotatable bonds is 6. The number of hydrogen-bond acceptors (Lipinski definition) is 1. The van der Waals surface area contributed by atoms with E-state index >= 15 is 0 Å². The first-order valence-electron chi connectivity index (χ1n) is 9.13. The zero-order valence-electron chi connectivity index (χ0n) is 16.0. The van der Waals surface area contributed by atoms with Gasteiger partial charge in [0.05, 0.1) is 6.42 Å². The lowest BCUT2D eigenvalue weighted by molar-refractivity contribution is -0.120. The van der Waals surface area contributed by atoms with Gasteiger partial charge >= 0.3 is 0 Å². The van der Waals surface area contributed by atoms with Gasteiger partial charge in [-0.1, -0.05) is 60.7 Å². The summed E-state index contributed by atoms with van der Waals surface area (Å²) in [5, 5.41) is 2.57. The Morgan fingerprint density at radius 2 is 1.13 bits per heavy atom. The number of amides is 1.